The predicted molar refractivity (Wildman–Crippen MR) is 54.9 cm³/mol. The van der Waals surface area contributed by atoms with Gasteiger partial charge in [-0.1, -0.05) is 12.1 Å². The lowest BCUT2D eigenvalue weighted by molar-refractivity contribution is 0.299. The lowest BCUT2D eigenvalue weighted by atomic mass is 10.0. The Kier molecular flexibility index (Phi) is 3.88. The SMILES string of the molecule is NC[C@@H](N)c1cc(CCO)ccc1O. The number of phenols is 1. The number of hydrogen-bond donors (Lipinski definition) is 4. The van der Waals surface area contributed by atoms with Crippen LogP contribution in [-0.4, -0.2) is 23.4 Å². The van der Waals surface area contributed by atoms with Gasteiger partial charge in [0.15, 0.2) is 0 Å². The molecule has 0 aliphatic heterocycles. The fourth-order valence-electron chi connectivity index (χ4n) is 1.31. The van der Waals surface area contributed by atoms with E-state index >= 15 is 0 Å². The van der Waals surface area contributed by atoms with Crippen molar-refractivity contribution in [3.63, 3.8) is 0 Å². The molecule has 0 bridgehead atoms. The van der Waals surface area contributed by atoms with Gasteiger partial charge in [0.25, 0.3) is 0 Å². The molecule has 1 rings (SSSR count). The quantitative estimate of drug-likeness (QED) is 0.540. The van der Waals surface area contributed by atoms with Gasteiger partial charge in [0.1, 0.15) is 5.75 Å². The van der Waals surface area contributed by atoms with E-state index in [-0.39, 0.29) is 24.9 Å². The number of benzene rings is 1. The minimum absolute atomic E-state index is 0.0854. The number of rotatable bonds is 4. The number of aromatic hydroxyl groups is 1. The first-order valence-electron chi connectivity index (χ1n) is 4.57. The summed E-state index contributed by atoms with van der Waals surface area (Å²) in [7, 11) is 0. The summed E-state index contributed by atoms with van der Waals surface area (Å²) in [4.78, 5) is 0. The van der Waals surface area contributed by atoms with Crippen molar-refractivity contribution >= 4 is 0 Å². The van der Waals surface area contributed by atoms with Crippen molar-refractivity contribution in [1.82, 2.24) is 0 Å². The Morgan fingerprint density at radius 1 is 1.36 bits per heavy atom. The molecule has 0 aliphatic rings. The zero-order valence-corrected chi connectivity index (χ0v) is 7.98. The van der Waals surface area contributed by atoms with Crippen LogP contribution in [0.15, 0.2) is 18.2 Å². The van der Waals surface area contributed by atoms with E-state index < -0.39 is 0 Å². The molecule has 0 heterocycles. The van der Waals surface area contributed by atoms with Gasteiger partial charge in [-0.15, -0.1) is 0 Å². The van der Waals surface area contributed by atoms with Crippen molar-refractivity contribution in [2.45, 2.75) is 12.5 Å². The fourth-order valence-corrected chi connectivity index (χ4v) is 1.31. The molecule has 0 aliphatic carbocycles. The van der Waals surface area contributed by atoms with E-state index in [0.29, 0.717) is 12.0 Å². The van der Waals surface area contributed by atoms with Gasteiger partial charge in [0.05, 0.1) is 0 Å². The normalized spacial score (nSPS) is 12.8. The van der Waals surface area contributed by atoms with Gasteiger partial charge in [0.2, 0.25) is 0 Å². The smallest absolute Gasteiger partial charge is 0.120 e. The van der Waals surface area contributed by atoms with Crippen LogP contribution in [0.3, 0.4) is 0 Å². The highest BCUT2D eigenvalue weighted by atomic mass is 16.3. The minimum Gasteiger partial charge on any atom is -0.508 e. The molecule has 0 saturated heterocycles. The lowest BCUT2D eigenvalue weighted by Crippen LogP contribution is -2.21. The maximum absolute atomic E-state index is 9.51. The minimum atomic E-state index is -0.353. The maximum atomic E-state index is 9.51. The van der Waals surface area contributed by atoms with Crippen LogP contribution in [0.4, 0.5) is 0 Å². The third kappa shape index (κ3) is 2.45. The molecule has 4 heteroatoms. The first kappa shape index (κ1) is 11.0. The average Bonchev–Trinajstić information content (AvgIpc) is 2.20. The number of phenolic OH excluding ortho intramolecular Hbond substituents is 1. The summed E-state index contributed by atoms with van der Waals surface area (Å²) in [5.74, 6) is 0.157. The summed E-state index contributed by atoms with van der Waals surface area (Å²) in [5, 5.41) is 18.3. The Morgan fingerprint density at radius 3 is 2.64 bits per heavy atom. The summed E-state index contributed by atoms with van der Waals surface area (Å²) < 4.78 is 0. The van der Waals surface area contributed by atoms with E-state index in [0.717, 1.165) is 5.56 Å². The summed E-state index contributed by atoms with van der Waals surface area (Å²) in [6.07, 6.45) is 0.560. The van der Waals surface area contributed by atoms with E-state index in [4.69, 9.17) is 16.6 Å². The summed E-state index contributed by atoms with van der Waals surface area (Å²) in [6, 6.07) is 4.77. The maximum Gasteiger partial charge on any atom is 0.120 e. The molecule has 1 aromatic rings. The molecule has 14 heavy (non-hydrogen) atoms. The molecule has 0 saturated carbocycles. The molecule has 0 spiro atoms. The molecule has 0 amide bonds. The Bertz CT molecular complexity index is 302. The Hall–Kier alpha value is -1.10. The highest BCUT2D eigenvalue weighted by Gasteiger charge is 2.09. The lowest BCUT2D eigenvalue weighted by Gasteiger charge is -2.12. The highest BCUT2D eigenvalue weighted by Crippen LogP contribution is 2.23. The second-order valence-electron chi connectivity index (χ2n) is 3.21. The Balaban J connectivity index is 2.95. The molecule has 4 nitrogen and oxygen atoms in total. The first-order chi connectivity index (χ1) is 6.69. The van der Waals surface area contributed by atoms with Gasteiger partial charge < -0.3 is 21.7 Å². The van der Waals surface area contributed by atoms with Crippen molar-refractivity contribution in [1.29, 1.82) is 0 Å². The van der Waals surface area contributed by atoms with Crippen LogP contribution in [0.25, 0.3) is 0 Å². The van der Waals surface area contributed by atoms with Crippen molar-refractivity contribution in [2.24, 2.45) is 11.5 Å². The van der Waals surface area contributed by atoms with Crippen LogP contribution < -0.4 is 11.5 Å². The van der Waals surface area contributed by atoms with Crippen LogP contribution >= 0.6 is 0 Å². The molecular weight excluding hydrogens is 180 g/mol. The Labute approximate surface area is 83.2 Å². The topological polar surface area (TPSA) is 92.5 Å². The second-order valence-corrected chi connectivity index (χ2v) is 3.21. The van der Waals surface area contributed by atoms with Gasteiger partial charge in [-0.25, -0.2) is 0 Å². The average molecular weight is 196 g/mol. The summed E-state index contributed by atoms with van der Waals surface area (Å²) in [6.45, 7) is 0.373. The molecular formula is C10H16N2O2. The van der Waals surface area contributed by atoms with Crippen LogP contribution in [0.5, 0.6) is 5.75 Å². The van der Waals surface area contributed by atoms with Gasteiger partial charge in [-0.3, -0.25) is 0 Å². The monoisotopic (exact) mass is 196 g/mol. The Morgan fingerprint density at radius 2 is 2.07 bits per heavy atom. The van der Waals surface area contributed by atoms with Gasteiger partial charge >= 0.3 is 0 Å². The summed E-state index contributed by atoms with van der Waals surface area (Å²) in [5.41, 5.74) is 12.7. The van der Waals surface area contributed by atoms with E-state index in [9.17, 15) is 5.11 Å². The standard InChI is InChI=1S/C10H16N2O2/c11-6-9(12)8-5-7(3-4-13)1-2-10(8)14/h1-2,5,9,13-14H,3-4,6,11-12H2/t9-/m1/s1. The molecule has 0 radical (unpaired) electrons. The van der Waals surface area contributed by atoms with Crippen molar-refractivity contribution in [3.8, 4) is 5.75 Å². The van der Waals surface area contributed by atoms with Crippen molar-refractivity contribution in [2.75, 3.05) is 13.2 Å². The predicted octanol–water partition coefficient (Wildman–Crippen LogP) is -0.114. The van der Waals surface area contributed by atoms with E-state index in [2.05, 4.69) is 0 Å². The van der Waals surface area contributed by atoms with E-state index in [1.54, 1.807) is 18.2 Å². The fraction of sp³-hybridized carbons (Fsp3) is 0.400. The van der Waals surface area contributed by atoms with Crippen LogP contribution in [0, 0.1) is 0 Å². The molecule has 1 aromatic carbocycles. The number of nitrogens with two attached hydrogens (primary N) is 2. The molecule has 0 aromatic heterocycles. The van der Waals surface area contributed by atoms with Gasteiger partial charge in [0, 0.05) is 24.8 Å². The van der Waals surface area contributed by atoms with Crippen LogP contribution in [0.1, 0.15) is 17.2 Å². The number of aliphatic hydroxyl groups is 1. The molecule has 0 unspecified atom stereocenters. The molecule has 0 fully saturated rings. The zero-order chi connectivity index (χ0) is 10.6. The van der Waals surface area contributed by atoms with E-state index in [1.807, 2.05) is 0 Å². The van der Waals surface area contributed by atoms with Crippen molar-refractivity contribution < 1.29 is 10.2 Å². The van der Waals surface area contributed by atoms with Gasteiger partial charge in [-0.05, 0) is 18.1 Å². The highest BCUT2D eigenvalue weighted by molar-refractivity contribution is 5.38. The van der Waals surface area contributed by atoms with Crippen molar-refractivity contribution in [3.05, 3.63) is 29.3 Å². The summed E-state index contributed by atoms with van der Waals surface area (Å²) >= 11 is 0. The zero-order valence-electron chi connectivity index (χ0n) is 7.98. The second kappa shape index (κ2) is 4.95. The number of aliphatic hydroxyl groups excluding tert-OH is 1. The van der Waals surface area contributed by atoms with Crippen LogP contribution in [-0.2, 0) is 6.42 Å². The first-order valence-corrected chi connectivity index (χ1v) is 4.57. The number of hydrogen-bond acceptors (Lipinski definition) is 4. The third-order valence-corrected chi connectivity index (χ3v) is 2.15. The third-order valence-electron chi connectivity index (χ3n) is 2.15. The molecule has 78 valence electrons. The van der Waals surface area contributed by atoms with Gasteiger partial charge in [-0.2, -0.15) is 0 Å². The molecule has 6 N–H and O–H groups in total. The largest absolute Gasteiger partial charge is 0.508 e. The van der Waals surface area contributed by atoms with E-state index in [1.165, 1.54) is 0 Å². The molecule has 1 atom stereocenters. The van der Waals surface area contributed by atoms with Crippen LogP contribution in [0.2, 0.25) is 0 Å².